The fraction of sp³-hybridized carbons (Fsp3) is 0.400. The number of aliphatic hydroxyl groups excluding tert-OH is 1. The van der Waals surface area contributed by atoms with Crippen LogP contribution in [0.25, 0.3) is 0 Å². The Morgan fingerprint density at radius 3 is 2.53 bits per heavy atom. The fourth-order valence-corrected chi connectivity index (χ4v) is 2.69. The van der Waals surface area contributed by atoms with E-state index < -0.39 is 6.10 Å². The van der Waals surface area contributed by atoms with E-state index in [2.05, 4.69) is 25.8 Å². The lowest BCUT2D eigenvalue weighted by Gasteiger charge is -2.14. The van der Waals surface area contributed by atoms with Crippen LogP contribution in [0.5, 0.6) is 0 Å². The van der Waals surface area contributed by atoms with Crippen LogP contribution in [0.3, 0.4) is 0 Å². The molecule has 102 valence electrons. The van der Waals surface area contributed by atoms with Crippen molar-refractivity contribution in [1.29, 1.82) is 0 Å². The molecule has 1 aromatic carbocycles. The third-order valence-electron chi connectivity index (χ3n) is 2.94. The Kier molecular flexibility index (Phi) is 3.74. The molecule has 1 unspecified atom stereocenters. The van der Waals surface area contributed by atoms with Crippen molar-refractivity contribution >= 4 is 11.3 Å². The number of hydrogen-bond acceptors (Lipinski definition) is 3. The summed E-state index contributed by atoms with van der Waals surface area (Å²) in [6.45, 7) is 7.95. The molecule has 4 heteroatoms. The van der Waals surface area contributed by atoms with E-state index >= 15 is 0 Å². The number of thiazole rings is 1. The maximum Gasteiger partial charge on any atom is 0.126 e. The average Bonchev–Trinajstić information content (AvgIpc) is 2.81. The molecule has 2 aromatic rings. The number of aryl methyl sites for hydroxylation is 1. The van der Waals surface area contributed by atoms with Crippen LogP contribution < -0.4 is 0 Å². The van der Waals surface area contributed by atoms with Crippen molar-refractivity contribution in [3.63, 3.8) is 0 Å². The average molecular weight is 279 g/mol. The summed E-state index contributed by atoms with van der Waals surface area (Å²) in [4.78, 5) is 4.48. The lowest BCUT2D eigenvalue weighted by molar-refractivity contribution is 0.215. The monoisotopic (exact) mass is 279 g/mol. The maximum atomic E-state index is 13.2. The smallest absolute Gasteiger partial charge is 0.126 e. The van der Waals surface area contributed by atoms with Crippen LogP contribution in [0, 0.1) is 12.7 Å². The van der Waals surface area contributed by atoms with E-state index in [1.165, 1.54) is 6.07 Å². The minimum absolute atomic E-state index is 0.0264. The standard InChI is InChI=1S/C15H18FNOS/c1-9-7-10(5-6-11(9)16)13(18)12-8-19-14(17-12)15(2,3)4/h5-8,13,18H,1-4H3. The van der Waals surface area contributed by atoms with Gasteiger partial charge in [-0.15, -0.1) is 11.3 Å². The van der Waals surface area contributed by atoms with Gasteiger partial charge in [0.1, 0.15) is 11.9 Å². The molecule has 0 bridgehead atoms. The van der Waals surface area contributed by atoms with Crippen molar-refractivity contribution in [3.8, 4) is 0 Å². The Labute approximate surface area is 116 Å². The number of aromatic nitrogens is 1. The summed E-state index contributed by atoms with van der Waals surface area (Å²) in [5, 5.41) is 13.2. The highest BCUT2D eigenvalue weighted by Crippen LogP contribution is 2.30. The third kappa shape index (κ3) is 3.01. The van der Waals surface area contributed by atoms with Gasteiger partial charge >= 0.3 is 0 Å². The minimum Gasteiger partial charge on any atom is -0.382 e. The molecule has 1 N–H and O–H groups in total. The molecular formula is C15H18FNOS. The molecule has 0 aliphatic carbocycles. The Hall–Kier alpha value is -1.26. The molecule has 0 radical (unpaired) electrons. The number of rotatable bonds is 2. The van der Waals surface area contributed by atoms with Crippen LogP contribution in [0.1, 0.15) is 48.7 Å². The number of nitrogens with zero attached hydrogens (tertiary/aromatic N) is 1. The van der Waals surface area contributed by atoms with Gasteiger partial charge in [0, 0.05) is 10.8 Å². The van der Waals surface area contributed by atoms with Crippen LogP contribution in [0.2, 0.25) is 0 Å². The van der Waals surface area contributed by atoms with Crippen LogP contribution in [0.4, 0.5) is 4.39 Å². The van der Waals surface area contributed by atoms with Crippen molar-refractivity contribution in [3.05, 3.63) is 51.2 Å². The molecule has 1 atom stereocenters. The molecule has 0 aliphatic heterocycles. The first-order valence-corrected chi connectivity index (χ1v) is 7.07. The Balaban J connectivity index is 2.31. The first kappa shape index (κ1) is 14.2. The van der Waals surface area contributed by atoms with Crippen molar-refractivity contribution in [2.75, 3.05) is 0 Å². The van der Waals surface area contributed by atoms with Gasteiger partial charge in [-0.25, -0.2) is 9.37 Å². The van der Waals surface area contributed by atoms with E-state index in [-0.39, 0.29) is 11.2 Å². The minimum atomic E-state index is -0.799. The van der Waals surface area contributed by atoms with Gasteiger partial charge in [-0.05, 0) is 24.1 Å². The molecule has 0 fully saturated rings. The van der Waals surface area contributed by atoms with Crippen molar-refractivity contribution < 1.29 is 9.50 Å². The normalized spacial score (nSPS) is 13.6. The zero-order chi connectivity index (χ0) is 14.2. The van der Waals surface area contributed by atoms with Gasteiger partial charge in [0.2, 0.25) is 0 Å². The first-order valence-electron chi connectivity index (χ1n) is 6.19. The van der Waals surface area contributed by atoms with E-state index in [0.717, 1.165) is 5.01 Å². The quantitative estimate of drug-likeness (QED) is 0.902. The molecule has 19 heavy (non-hydrogen) atoms. The summed E-state index contributed by atoms with van der Waals surface area (Å²) in [5.41, 5.74) is 1.80. The summed E-state index contributed by atoms with van der Waals surface area (Å²) in [5.74, 6) is -0.260. The van der Waals surface area contributed by atoms with Gasteiger partial charge in [-0.1, -0.05) is 32.9 Å². The highest BCUT2D eigenvalue weighted by molar-refractivity contribution is 7.09. The first-order chi connectivity index (χ1) is 8.79. The molecular weight excluding hydrogens is 261 g/mol. The second kappa shape index (κ2) is 5.02. The Bertz CT molecular complexity index is 586. The molecule has 0 aliphatic rings. The van der Waals surface area contributed by atoms with Crippen molar-refractivity contribution in [2.45, 2.75) is 39.2 Å². The largest absolute Gasteiger partial charge is 0.382 e. The lowest BCUT2D eigenvalue weighted by atomic mass is 9.98. The van der Waals surface area contributed by atoms with E-state index in [9.17, 15) is 9.50 Å². The topological polar surface area (TPSA) is 33.1 Å². The molecule has 1 heterocycles. The Morgan fingerprint density at radius 1 is 1.32 bits per heavy atom. The van der Waals surface area contributed by atoms with Gasteiger partial charge in [-0.3, -0.25) is 0 Å². The summed E-state index contributed by atoms with van der Waals surface area (Å²) < 4.78 is 13.2. The Morgan fingerprint density at radius 2 is 2.00 bits per heavy atom. The van der Waals surface area contributed by atoms with E-state index in [1.807, 2.05) is 5.38 Å². The van der Waals surface area contributed by atoms with Gasteiger partial charge in [0.25, 0.3) is 0 Å². The summed E-state index contributed by atoms with van der Waals surface area (Å²) in [7, 11) is 0. The van der Waals surface area contributed by atoms with E-state index in [0.29, 0.717) is 16.8 Å². The lowest BCUT2D eigenvalue weighted by Crippen LogP contribution is -2.11. The molecule has 0 amide bonds. The van der Waals surface area contributed by atoms with Crippen LogP contribution in [0.15, 0.2) is 23.6 Å². The zero-order valence-electron chi connectivity index (χ0n) is 11.6. The van der Waals surface area contributed by atoms with Crippen LogP contribution in [-0.2, 0) is 5.41 Å². The zero-order valence-corrected chi connectivity index (χ0v) is 12.4. The number of aliphatic hydroxyl groups is 1. The highest BCUT2D eigenvalue weighted by atomic mass is 32.1. The number of benzene rings is 1. The predicted octanol–water partition coefficient (Wildman–Crippen LogP) is 3.97. The van der Waals surface area contributed by atoms with E-state index in [1.54, 1.807) is 30.4 Å². The summed E-state index contributed by atoms with van der Waals surface area (Å²) in [6.07, 6.45) is -0.799. The second-order valence-corrected chi connectivity index (χ2v) is 6.60. The van der Waals surface area contributed by atoms with Gasteiger partial charge in [-0.2, -0.15) is 0 Å². The number of hydrogen-bond donors (Lipinski definition) is 1. The van der Waals surface area contributed by atoms with Crippen LogP contribution >= 0.6 is 11.3 Å². The summed E-state index contributed by atoms with van der Waals surface area (Å²) in [6, 6.07) is 4.64. The molecule has 1 aromatic heterocycles. The molecule has 0 spiro atoms. The third-order valence-corrected chi connectivity index (χ3v) is 4.23. The second-order valence-electron chi connectivity index (χ2n) is 5.74. The summed E-state index contributed by atoms with van der Waals surface area (Å²) >= 11 is 1.54. The van der Waals surface area contributed by atoms with Crippen LogP contribution in [-0.4, -0.2) is 10.1 Å². The molecule has 0 saturated heterocycles. The SMILES string of the molecule is Cc1cc(C(O)c2csc(C(C)(C)C)n2)ccc1F. The molecule has 2 nitrogen and oxygen atoms in total. The van der Waals surface area contributed by atoms with Crippen molar-refractivity contribution in [2.24, 2.45) is 0 Å². The predicted molar refractivity (Wildman–Crippen MR) is 76.0 cm³/mol. The maximum absolute atomic E-state index is 13.2. The van der Waals surface area contributed by atoms with Gasteiger partial charge in [0.15, 0.2) is 0 Å². The highest BCUT2D eigenvalue weighted by Gasteiger charge is 2.21. The molecule has 0 saturated carbocycles. The van der Waals surface area contributed by atoms with E-state index in [4.69, 9.17) is 0 Å². The fourth-order valence-electron chi connectivity index (χ4n) is 1.76. The van der Waals surface area contributed by atoms with Crippen molar-refractivity contribution in [1.82, 2.24) is 4.98 Å². The van der Waals surface area contributed by atoms with Gasteiger partial charge in [0.05, 0.1) is 10.7 Å². The molecule has 2 rings (SSSR count). The van der Waals surface area contributed by atoms with Gasteiger partial charge < -0.3 is 5.11 Å². The number of halogens is 1.